The highest BCUT2D eigenvalue weighted by molar-refractivity contribution is 6.32. The molecule has 3 nitrogen and oxygen atoms in total. The summed E-state index contributed by atoms with van der Waals surface area (Å²) in [4.78, 5) is 0. The minimum Gasteiger partial charge on any atom is -0.454 e. The van der Waals surface area contributed by atoms with Crippen LogP contribution in [0, 0.1) is 0 Å². The van der Waals surface area contributed by atoms with Crippen molar-refractivity contribution < 1.29 is 14.6 Å². The van der Waals surface area contributed by atoms with Gasteiger partial charge in [-0.1, -0.05) is 11.6 Å². The molecule has 0 aromatic heterocycles. The van der Waals surface area contributed by atoms with Crippen LogP contribution in [0.3, 0.4) is 0 Å². The van der Waals surface area contributed by atoms with Crippen molar-refractivity contribution in [2.24, 2.45) is 0 Å². The average Bonchev–Trinajstić information content (AvgIpc) is 2.79. The van der Waals surface area contributed by atoms with Crippen LogP contribution in [0.2, 0.25) is 5.02 Å². The van der Waals surface area contributed by atoms with Gasteiger partial charge in [-0.2, -0.15) is 0 Å². The molecule has 16 heavy (non-hydrogen) atoms. The Labute approximate surface area is 98.9 Å². The molecule has 3 rings (SSSR count). The van der Waals surface area contributed by atoms with Gasteiger partial charge >= 0.3 is 0 Å². The lowest BCUT2D eigenvalue weighted by Gasteiger charge is -2.08. The van der Waals surface area contributed by atoms with Gasteiger partial charge in [-0.05, 0) is 43.4 Å². The monoisotopic (exact) mass is 240 g/mol. The van der Waals surface area contributed by atoms with E-state index in [0.717, 1.165) is 31.2 Å². The Kier molecular flexibility index (Phi) is 2.26. The molecule has 0 radical (unpaired) electrons. The number of fused-ring (bicyclic) bond motifs is 1. The lowest BCUT2D eigenvalue weighted by molar-refractivity contribution is 0.140. The third-order valence-corrected chi connectivity index (χ3v) is 3.47. The summed E-state index contributed by atoms with van der Waals surface area (Å²) in [6, 6.07) is 3.83. The summed E-state index contributed by atoms with van der Waals surface area (Å²) in [5.41, 5.74) is 0.678. The topological polar surface area (TPSA) is 38.7 Å². The number of hydrogen-bond donors (Lipinski definition) is 1. The number of benzene rings is 1. The lowest BCUT2D eigenvalue weighted by atomic mass is 10.1. The van der Waals surface area contributed by atoms with E-state index in [9.17, 15) is 5.11 Å². The van der Waals surface area contributed by atoms with Gasteiger partial charge in [0.05, 0.1) is 10.6 Å². The molecular weight excluding hydrogens is 228 g/mol. The van der Waals surface area contributed by atoms with Crippen molar-refractivity contribution in [3.8, 4) is 11.5 Å². The molecule has 0 saturated heterocycles. The summed E-state index contributed by atoms with van der Waals surface area (Å²) in [6.07, 6.45) is 3.46. The second kappa shape index (κ2) is 3.54. The second-order valence-corrected chi connectivity index (χ2v) is 4.94. The number of rotatable bonds is 3. The summed E-state index contributed by atoms with van der Waals surface area (Å²) in [6.45, 7) is 0.239. The van der Waals surface area contributed by atoms with Crippen LogP contribution < -0.4 is 9.47 Å². The molecule has 1 saturated carbocycles. The first-order valence-corrected chi connectivity index (χ1v) is 5.85. The van der Waals surface area contributed by atoms with Crippen molar-refractivity contribution in [3.05, 3.63) is 22.7 Å². The second-order valence-electron chi connectivity index (χ2n) is 4.54. The van der Waals surface area contributed by atoms with Crippen molar-refractivity contribution in [2.45, 2.75) is 31.3 Å². The van der Waals surface area contributed by atoms with E-state index < -0.39 is 5.60 Å². The van der Waals surface area contributed by atoms with E-state index in [1.807, 2.05) is 12.1 Å². The van der Waals surface area contributed by atoms with Gasteiger partial charge in [0.1, 0.15) is 0 Å². The van der Waals surface area contributed by atoms with Crippen LogP contribution in [0.15, 0.2) is 12.1 Å². The van der Waals surface area contributed by atoms with Crippen molar-refractivity contribution in [3.63, 3.8) is 0 Å². The predicted molar refractivity (Wildman–Crippen MR) is 60.1 cm³/mol. The summed E-state index contributed by atoms with van der Waals surface area (Å²) in [7, 11) is 0. The van der Waals surface area contributed by atoms with Crippen molar-refractivity contribution in [1.29, 1.82) is 0 Å². The van der Waals surface area contributed by atoms with Crippen LogP contribution >= 0.6 is 11.6 Å². The van der Waals surface area contributed by atoms with Crippen molar-refractivity contribution in [2.75, 3.05) is 6.79 Å². The highest BCUT2D eigenvalue weighted by Crippen LogP contribution is 2.42. The Bertz CT molecular complexity index is 427. The van der Waals surface area contributed by atoms with E-state index in [4.69, 9.17) is 21.1 Å². The third kappa shape index (κ3) is 1.85. The van der Waals surface area contributed by atoms with Crippen LogP contribution in [-0.4, -0.2) is 17.5 Å². The molecule has 86 valence electrons. The first-order chi connectivity index (χ1) is 7.66. The molecule has 0 atom stereocenters. The van der Waals surface area contributed by atoms with E-state index in [0.29, 0.717) is 16.5 Å². The Morgan fingerprint density at radius 2 is 2.12 bits per heavy atom. The highest BCUT2D eigenvalue weighted by atomic mass is 35.5. The highest BCUT2D eigenvalue weighted by Gasteiger charge is 2.39. The lowest BCUT2D eigenvalue weighted by Crippen LogP contribution is -2.07. The molecule has 2 aliphatic rings. The summed E-state index contributed by atoms with van der Waals surface area (Å²) < 4.78 is 10.5. The molecule has 4 heteroatoms. The summed E-state index contributed by atoms with van der Waals surface area (Å²) in [5, 5.41) is 10.4. The fraction of sp³-hybridized carbons (Fsp3) is 0.500. The summed E-state index contributed by atoms with van der Waals surface area (Å²) >= 11 is 6.07. The molecule has 0 bridgehead atoms. The SMILES string of the molecule is OC1(CCc2cc(Cl)c3c(c2)OCO3)CC1. The van der Waals surface area contributed by atoms with E-state index in [2.05, 4.69) is 0 Å². The van der Waals surface area contributed by atoms with Gasteiger partial charge < -0.3 is 14.6 Å². The Morgan fingerprint density at radius 3 is 2.88 bits per heavy atom. The molecule has 0 unspecified atom stereocenters. The zero-order chi connectivity index (χ0) is 11.2. The van der Waals surface area contributed by atoms with Gasteiger partial charge in [0.25, 0.3) is 0 Å². The third-order valence-electron chi connectivity index (χ3n) is 3.19. The molecule has 1 fully saturated rings. The largest absolute Gasteiger partial charge is 0.454 e. The molecule has 1 aromatic rings. The fourth-order valence-corrected chi connectivity index (χ4v) is 2.22. The fourth-order valence-electron chi connectivity index (χ4n) is 1.94. The number of hydrogen-bond acceptors (Lipinski definition) is 3. The maximum Gasteiger partial charge on any atom is 0.231 e. The van der Waals surface area contributed by atoms with E-state index in [-0.39, 0.29) is 6.79 Å². The van der Waals surface area contributed by atoms with Crippen molar-refractivity contribution in [1.82, 2.24) is 0 Å². The molecule has 1 aliphatic heterocycles. The Morgan fingerprint density at radius 1 is 1.31 bits per heavy atom. The number of aryl methyl sites for hydroxylation is 1. The van der Waals surface area contributed by atoms with E-state index >= 15 is 0 Å². The van der Waals surface area contributed by atoms with Gasteiger partial charge in [0, 0.05) is 0 Å². The Hall–Kier alpha value is -0.930. The molecule has 1 heterocycles. The normalized spacial score (nSPS) is 19.9. The number of halogens is 1. The van der Waals surface area contributed by atoms with Gasteiger partial charge in [-0.25, -0.2) is 0 Å². The zero-order valence-electron chi connectivity index (χ0n) is 8.83. The van der Waals surface area contributed by atoms with Crippen LogP contribution in [0.5, 0.6) is 11.5 Å². The first-order valence-electron chi connectivity index (χ1n) is 5.47. The quantitative estimate of drug-likeness (QED) is 0.883. The molecular formula is C12H13ClO3. The molecule has 1 aromatic carbocycles. The van der Waals surface area contributed by atoms with Gasteiger partial charge in [0.2, 0.25) is 6.79 Å². The average molecular weight is 241 g/mol. The standard InChI is InChI=1S/C12H13ClO3/c13-9-5-8(1-2-12(14)3-4-12)6-10-11(9)16-7-15-10/h5-6,14H,1-4,7H2. The van der Waals surface area contributed by atoms with E-state index in [1.165, 1.54) is 0 Å². The molecule has 1 aliphatic carbocycles. The minimum absolute atomic E-state index is 0.239. The minimum atomic E-state index is -0.414. The maximum absolute atomic E-state index is 9.76. The van der Waals surface area contributed by atoms with Crippen LogP contribution in [0.25, 0.3) is 0 Å². The molecule has 0 spiro atoms. The van der Waals surface area contributed by atoms with Crippen LogP contribution in [0.4, 0.5) is 0 Å². The first kappa shape index (κ1) is 10.2. The van der Waals surface area contributed by atoms with Gasteiger partial charge in [0.15, 0.2) is 11.5 Å². The van der Waals surface area contributed by atoms with Gasteiger partial charge in [-0.3, -0.25) is 0 Å². The number of aliphatic hydroxyl groups is 1. The predicted octanol–water partition coefficient (Wildman–Crippen LogP) is 2.53. The van der Waals surface area contributed by atoms with E-state index in [1.54, 1.807) is 0 Å². The summed E-state index contributed by atoms with van der Waals surface area (Å²) in [5.74, 6) is 1.35. The Balaban J connectivity index is 1.77. The van der Waals surface area contributed by atoms with Crippen molar-refractivity contribution >= 4 is 11.6 Å². The van der Waals surface area contributed by atoms with Crippen LogP contribution in [-0.2, 0) is 6.42 Å². The molecule has 0 amide bonds. The maximum atomic E-state index is 9.76. The molecule has 1 N–H and O–H groups in total. The van der Waals surface area contributed by atoms with Gasteiger partial charge in [-0.15, -0.1) is 0 Å². The number of ether oxygens (including phenoxy) is 2. The van der Waals surface area contributed by atoms with Crippen LogP contribution in [0.1, 0.15) is 24.8 Å². The smallest absolute Gasteiger partial charge is 0.231 e. The zero-order valence-corrected chi connectivity index (χ0v) is 9.59.